The van der Waals surface area contributed by atoms with Gasteiger partial charge in [0, 0.05) is 5.57 Å². The maximum Gasteiger partial charge on any atom is 0.333 e. The molecule has 0 unspecified atom stereocenters. The zero-order chi connectivity index (χ0) is 15.1. The predicted octanol–water partition coefficient (Wildman–Crippen LogP) is 5.81. The number of hydrogen-bond acceptors (Lipinski definition) is 2. The summed E-state index contributed by atoms with van der Waals surface area (Å²) < 4.78 is 5.25. The van der Waals surface area contributed by atoms with Gasteiger partial charge >= 0.3 is 5.97 Å². The summed E-state index contributed by atoms with van der Waals surface area (Å²) in [5.74, 6) is -0.186. The molecule has 0 aliphatic rings. The Balaban J connectivity index is 3.39. The zero-order valence-electron chi connectivity index (χ0n) is 13.7. The summed E-state index contributed by atoms with van der Waals surface area (Å²) in [6, 6.07) is 0. The van der Waals surface area contributed by atoms with Crippen molar-refractivity contribution in [2.45, 2.75) is 90.9 Å². The Hall–Kier alpha value is -0.790. The van der Waals surface area contributed by atoms with Crippen molar-refractivity contribution in [3.8, 4) is 0 Å². The van der Waals surface area contributed by atoms with Gasteiger partial charge in [-0.25, -0.2) is 4.79 Å². The average Bonchev–Trinajstić information content (AvgIpc) is 2.45. The third-order valence-corrected chi connectivity index (χ3v) is 3.60. The van der Waals surface area contributed by atoms with E-state index in [1.807, 2.05) is 0 Å². The van der Waals surface area contributed by atoms with Crippen LogP contribution < -0.4 is 0 Å². The highest BCUT2D eigenvalue weighted by molar-refractivity contribution is 5.87. The maximum atomic E-state index is 11.7. The normalized spacial score (nSPS) is 10.5. The Morgan fingerprint density at radius 2 is 1.30 bits per heavy atom. The first-order chi connectivity index (χ1) is 9.72. The minimum absolute atomic E-state index is 0.186. The second-order valence-corrected chi connectivity index (χ2v) is 5.67. The SMILES string of the molecule is C=C(CCCCCCC)C(=O)OCCCCCCCC. The number of carbonyl (C=O) groups is 1. The van der Waals surface area contributed by atoms with Crippen LogP contribution in [0.2, 0.25) is 0 Å². The van der Waals surface area contributed by atoms with Gasteiger partial charge in [0.25, 0.3) is 0 Å². The lowest BCUT2D eigenvalue weighted by Gasteiger charge is -2.07. The molecule has 0 rings (SSSR count). The highest BCUT2D eigenvalue weighted by Crippen LogP contribution is 2.11. The molecular formula is C18H34O2. The molecule has 0 atom stereocenters. The molecule has 2 nitrogen and oxygen atoms in total. The van der Waals surface area contributed by atoms with Gasteiger partial charge in [-0.3, -0.25) is 0 Å². The largest absolute Gasteiger partial charge is 0.462 e. The summed E-state index contributed by atoms with van der Waals surface area (Å²) in [6.45, 7) is 8.82. The molecule has 0 fully saturated rings. The molecule has 20 heavy (non-hydrogen) atoms. The van der Waals surface area contributed by atoms with Gasteiger partial charge in [-0.15, -0.1) is 0 Å². The quantitative estimate of drug-likeness (QED) is 0.228. The highest BCUT2D eigenvalue weighted by atomic mass is 16.5. The fourth-order valence-electron chi connectivity index (χ4n) is 2.19. The van der Waals surface area contributed by atoms with Gasteiger partial charge < -0.3 is 4.74 Å². The second kappa shape index (κ2) is 14.6. The van der Waals surface area contributed by atoms with Gasteiger partial charge in [0.2, 0.25) is 0 Å². The summed E-state index contributed by atoms with van der Waals surface area (Å²) in [6.07, 6.45) is 14.1. The fourth-order valence-corrected chi connectivity index (χ4v) is 2.19. The van der Waals surface area contributed by atoms with Crippen molar-refractivity contribution in [2.24, 2.45) is 0 Å². The maximum absolute atomic E-state index is 11.7. The summed E-state index contributed by atoms with van der Waals surface area (Å²) in [5.41, 5.74) is 0.646. The van der Waals surface area contributed by atoms with Gasteiger partial charge in [-0.2, -0.15) is 0 Å². The second-order valence-electron chi connectivity index (χ2n) is 5.67. The lowest BCUT2D eigenvalue weighted by atomic mass is 10.1. The zero-order valence-corrected chi connectivity index (χ0v) is 13.7. The van der Waals surface area contributed by atoms with Crippen molar-refractivity contribution < 1.29 is 9.53 Å². The van der Waals surface area contributed by atoms with E-state index >= 15 is 0 Å². The van der Waals surface area contributed by atoms with Crippen LogP contribution in [0.5, 0.6) is 0 Å². The molecule has 0 saturated carbocycles. The first-order valence-corrected chi connectivity index (χ1v) is 8.57. The van der Waals surface area contributed by atoms with Crippen molar-refractivity contribution >= 4 is 5.97 Å². The third-order valence-electron chi connectivity index (χ3n) is 3.60. The number of unbranched alkanes of at least 4 members (excludes halogenated alkanes) is 9. The van der Waals surface area contributed by atoms with Crippen LogP contribution >= 0.6 is 0 Å². The van der Waals surface area contributed by atoms with Crippen molar-refractivity contribution in [1.82, 2.24) is 0 Å². The van der Waals surface area contributed by atoms with Gasteiger partial charge in [-0.1, -0.05) is 78.2 Å². The Kier molecular flexibility index (Phi) is 14.0. The van der Waals surface area contributed by atoms with Crippen molar-refractivity contribution in [1.29, 1.82) is 0 Å². The van der Waals surface area contributed by atoms with E-state index in [-0.39, 0.29) is 5.97 Å². The van der Waals surface area contributed by atoms with Gasteiger partial charge in [0.05, 0.1) is 6.61 Å². The standard InChI is InChI=1S/C18H34O2/c1-4-6-8-10-12-14-16-20-18(19)17(3)15-13-11-9-7-5-2/h3-16H2,1-2H3. The summed E-state index contributed by atoms with van der Waals surface area (Å²) in [7, 11) is 0. The van der Waals surface area contributed by atoms with Gasteiger partial charge in [-0.05, 0) is 19.3 Å². The van der Waals surface area contributed by atoms with Crippen LogP contribution in [-0.2, 0) is 9.53 Å². The van der Waals surface area contributed by atoms with Gasteiger partial charge in [0.15, 0.2) is 0 Å². The number of ether oxygens (including phenoxy) is 1. The van der Waals surface area contributed by atoms with Crippen molar-refractivity contribution in [3.05, 3.63) is 12.2 Å². The number of hydrogen-bond donors (Lipinski definition) is 0. The van der Waals surface area contributed by atoms with E-state index in [9.17, 15) is 4.79 Å². The van der Waals surface area contributed by atoms with E-state index in [4.69, 9.17) is 4.74 Å². The molecule has 0 bridgehead atoms. The molecule has 0 aromatic carbocycles. The number of rotatable bonds is 14. The molecule has 0 aliphatic heterocycles. The van der Waals surface area contributed by atoms with Crippen molar-refractivity contribution in [2.75, 3.05) is 6.61 Å². The van der Waals surface area contributed by atoms with Crippen molar-refractivity contribution in [3.63, 3.8) is 0 Å². The first-order valence-electron chi connectivity index (χ1n) is 8.57. The average molecular weight is 282 g/mol. The van der Waals surface area contributed by atoms with E-state index in [2.05, 4.69) is 20.4 Å². The predicted molar refractivity (Wildman–Crippen MR) is 86.9 cm³/mol. The van der Waals surface area contributed by atoms with E-state index in [0.717, 1.165) is 25.7 Å². The van der Waals surface area contributed by atoms with E-state index in [0.29, 0.717) is 12.2 Å². The summed E-state index contributed by atoms with van der Waals surface area (Å²) >= 11 is 0. The van der Waals surface area contributed by atoms with E-state index in [1.165, 1.54) is 51.4 Å². The monoisotopic (exact) mass is 282 g/mol. The lowest BCUT2D eigenvalue weighted by Crippen LogP contribution is -2.08. The smallest absolute Gasteiger partial charge is 0.333 e. The van der Waals surface area contributed by atoms with Crippen LogP contribution in [0.1, 0.15) is 90.9 Å². The highest BCUT2D eigenvalue weighted by Gasteiger charge is 2.07. The molecule has 118 valence electrons. The molecule has 0 spiro atoms. The Morgan fingerprint density at radius 1 is 0.800 bits per heavy atom. The molecule has 0 aliphatic carbocycles. The first kappa shape index (κ1) is 19.2. The van der Waals surface area contributed by atoms with E-state index in [1.54, 1.807) is 0 Å². The Bertz CT molecular complexity index is 246. The van der Waals surface area contributed by atoms with Crippen LogP contribution in [0.15, 0.2) is 12.2 Å². The number of carbonyl (C=O) groups excluding carboxylic acids is 1. The fraction of sp³-hybridized carbons (Fsp3) is 0.833. The molecule has 0 N–H and O–H groups in total. The topological polar surface area (TPSA) is 26.3 Å². The molecule has 0 heterocycles. The van der Waals surface area contributed by atoms with Crippen LogP contribution in [0.4, 0.5) is 0 Å². The molecule has 0 saturated heterocycles. The molecule has 0 aromatic rings. The van der Waals surface area contributed by atoms with Crippen LogP contribution in [0.25, 0.3) is 0 Å². The van der Waals surface area contributed by atoms with Crippen LogP contribution in [-0.4, -0.2) is 12.6 Å². The number of esters is 1. The molecule has 0 amide bonds. The minimum atomic E-state index is -0.186. The minimum Gasteiger partial charge on any atom is -0.462 e. The third kappa shape index (κ3) is 12.3. The van der Waals surface area contributed by atoms with Crippen LogP contribution in [0, 0.1) is 0 Å². The van der Waals surface area contributed by atoms with Crippen LogP contribution in [0.3, 0.4) is 0 Å². The molecule has 0 aromatic heterocycles. The van der Waals surface area contributed by atoms with E-state index < -0.39 is 0 Å². The molecule has 0 radical (unpaired) electrons. The van der Waals surface area contributed by atoms with Gasteiger partial charge in [0.1, 0.15) is 0 Å². The summed E-state index contributed by atoms with van der Waals surface area (Å²) in [4.78, 5) is 11.7. The summed E-state index contributed by atoms with van der Waals surface area (Å²) in [5, 5.41) is 0. The lowest BCUT2D eigenvalue weighted by molar-refractivity contribution is -0.139. The Labute approximate surface area is 126 Å². The Morgan fingerprint density at radius 3 is 1.90 bits per heavy atom. The molecule has 2 heteroatoms. The molecular weight excluding hydrogens is 248 g/mol.